The molecular formula is C14H19N3O3S. The van der Waals surface area contributed by atoms with Crippen LogP contribution < -0.4 is 5.32 Å². The van der Waals surface area contributed by atoms with Gasteiger partial charge in [-0.25, -0.2) is 8.42 Å². The van der Waals surface area contributed by atoms with Crippen molar-refractivity contribution < 1.29 is 13.2 Å². The van der Waals surface area contributed by atoms with E-state index in [2.05, 4.69) is 10.4 Å². The highest BCUT2D eigenvalue weighted by atomic mass is 32.2. The molecule has 2 aromatic rings. The Labute approximate surface area is 124 Å². The van der Waals surface area contributed by atoms with Crippen LogP contribution in [0.5, 0.6) is 0 Å². The molecule has 6 nitrogen and oxygen atoms in total. The molecule has 0 unspecified atom stereocenters. The van der Waals surface area contributed by atoms with Crippen LogP contribution in [0.15, 0.2) is 41.6 Å². The van der Waals surface area contributed by atoms with E-state index >= 15 is 0 Å². The third-order valence-electron chi connectivity index (χ3n) is 3.04. The van der Waals surface area contributed by atoms with E-state index in [4.69, 9.17) is 4.74 Å². The Morgan fingerprint density at radius 2 is 2.10 bits per heavy atom. The molecule has 1 aromatic heterocycles. The van der Waals surface area contributed by atoms with Gasteiger partial charge in [0.15, 0.2) is 9.84 Å². The van der Waals surface area contributed by atoms with Gasteiger partial charge >= 0.3 is 0 Å². The fourth-order valence-corrected chi connectivity index (χ4v) is 2.94. The van der Waals surface area contributed by atoms with Crippen LogP contribution in [-0.4, -0.2) is 37.7 Å². The van der Waals surface area contributed by atoms with E-state index in [1.165, 1.54) is 0 Å². The molecule has 21 heavy (non-hydrogen) atoms. The number of aromatic nitrogens is 2. The van der Waals surface area contributed by atoms with Crippen LogP contribution in [-0.2, 0) is 21.1 Å². The Kier molecular flexibility index (Phi) is 4.98. The standard InChI is InChI=1S/C14H19N3O3S/c1-3-21(18,19)14-7-5-4-6-13(14)16-12-10-15-17(11-12)8-9-20-2/h4-7,10-11,16H,3,8-9H2,1-2H3. The Hall–Kier alpha value is -1.86. The van der Waals surface area contributed by atoms with E-state index in [0.717, 1.165) is 5.69 Å². The minimum Gasteiger partial charge on any atom is -0.383 e. The highest BCUT2D eigenvalue weighted by molar-refractivity contribution is 7.91. The monoisotopic (exact) mass is 309 g/mol. The molecule has 0 radical (unpaired) electrons. The SMILES string of the molecule is CCS(=O)(=O)c1ccccc1Nc1cnn(CCOC)c1. The summed E-state index contributed by atoms with van der Waals surface area (Å²) in [4.78, 5) is 0.303. The number of benzene rings is 1. The molecule has 114 valence electrons. The fourth-order valence-electron chi connectivity index (χ4n) is 1.89. The van der Waals surface area contributed by atoms with Crippen molar-refractivity contribution in [1.29, 1.82) is 0 Å². The van der Waals surface area contributed by atoms with Crippen LogP contribution in [0.3, 0.4) is 0 Å². The fraction of sp³-hybridized carbons (Fsp3) is 0.357. The number of methoxy groups -OCH3 is 1. The number of hydrogen-bond acceptors (Lipinski definition) is 5. The van der Waals surface area contributed by atoms with Crippen molar-refractivity contribution in [3.05, 3.63) is 36.7 Å². The molecule has 7 heteroatoms. The average molecular weight is 309 g/mol. The molecule has 0 saturated carbocycles. The third-order valence-corrected chi connectivity index (χ3v) is 4.83. The summed E-state index contributed by atoms with van der Waals surface area (Å²) in [6.45, 7) is 2.85. The van der Waals surface area contributed by atoms with Gasteiger partial charge in [-0.15, -0.1) is 0 Å². The maximum Gasteiger partial charge on any atom is 0.180 e. The molecule has 0 fully saturated rings. The van der Waals surface area contributed by atoms with Crippen LogP contribution in [0.25, 0.3) is 0 Å². The van der Waals surface area contributed by atoms with Gasteiger partial charge in [0.25, 0.3) is 0 Å². The van der Waals surface area contributed by atoms with Gasteiger partial charge in [-0.3, -0.25) is 4.68 Å². The second-order valence-electron chi connectivity index (χ2n) is 4.51. The molecule has 0 atom stereocenters. The molecular weight excluding hydrogens is 290 g/mol. The van der Waals surface area contributed by atoms with E-state index in [1.807, 2.05) is 6.20 Å². The predicted octanol–water partition coefficient (Wildman–Crippen LogP) is 2.07. The van der Waals surface area contributed by atoms with Gasteiger partial charge in [0.1, 0.15) is 0 Å². The summed E-state index contributed by atoms with van der Waals surface area (Å²) < 4.78 is 30.9. The smallest absolute Gasteiger partial charge is 0.180 e. The van der Waals surface area contributed by atoms with Gasteiger partial charge in [0.2, 0.25) is 0 Å². The molecule has 0 spiro atoms. The second-order valence-corrected chi connectivity index (χ2v) is 6.76. The quantitative estimate of drug-likeness (QED) is 0.847. The van der Waals surface area contributed by atoms with Gasteiger partial charge in [-0.05, 0) is 12.1 Å². The van der Waals surface area contributed by atoms with Crippen molar-refractivity contribution in [3.63, 3.8) is 0 Å². The largest absolute Gasteiger partial charge is 0.383 e. The number of hydrogen-bond donors (Lipinski definition) is 1. The van der Waals surface area contributed by atoms with E-state index in [-0.39, 0.29) is 5.75 Å². The summed E-state index contributed by atoms with van der Waals surface area (Å²) in [5, 5.41) is 7.29. The van der Waals surface area contributed by atoms with Crippen molar-refractivity contribution in [2.45, 2.75) is 18.4 Å². The Morgan fingerprint density at radius 3 is 2.81 bits per heavy atom. The van der Waals surface area contributed by atoms with Crippen molar-refractivity contribution >= 4 is 21.2 Å². The lowest BCUT2D eigenvalue weighted by molar-refractivity contribution is 0.183. The summed E-state index contributed by atoms with van der Waals surface area (Å²) in [6.07, 6.45) is 3.47. The van der Waals surface area contributed by atoms with E-state index < -0.39 is 9.84 Å². The molecule has 0 aliphatic heterocycles. The summed E-state index contributed by atoms with van der Waals surface area (Å²) in [5.41, 5.74) is 1.30. The number of anilines is 2. The van der Waals surface area contributed by atoms with E-state index in [0.29, 0.717) is 23.7 Å². The zero-order valence-electron chi connectivity index (χ0n) is 12.1. The maximum absolute atomic E-state index is 12.1. The minimum atomic E-state index is -3.27. The zero-order valence-corrected chi connectivity index (χ0v) is 12.9. The number of rotatable bonds is 7. The lowest BCUT2D eigenvalue weighted by atomic mass is 10.3. The molecule has 0 saturated heterocycles. The summed E-state index contributed by atoms with van der Waals surface area (Å²) in [7, 11) is -1.63. The number of nitrogens with one attached hydrogen (secondary N) is 1. The topological polar surface area (TPSA) is 73.2 Å². The number of sulfone groups is 1. The Morgan fingerprint density at radius 1 is 1.33 bits per heavy atom. The van der Waals surface area contributed by atoms with Gasteiger partial charge in [0.05, 0.1) is 41.4 Å². The zero-order chi connectivity index (χ0) is 15.3. The van der Waals surface area contributed by atoms with E-state index in [9.17, 15) is 8.42 Å². The first kappa shape index (κ1) is 15.5. The Bertz CT molecular complexity index is 695. The van der Waals surface area contributed by atoms with Crippen LogP contribution >= 0.6 is 0 Å². The van der Waals surface area contributed by atoms with Crippen LogP contribution in [0.2, 0.25) is 0 Å². The van der Waals surface area contributed by atoms with Gasteiger partial charge < -0.3 is 10.1 Å². The average Bonchev–Trinajstić information content (AvgIpc) is 2.93. The predicted molar refractivity (Wildman–Crippen MR) is 81.6 cm³/mol. The van der Waals surface area contributed by atoms with Crippen molar-refractivity contribution in [1.82, 2.24) is 9.78 Å². The highest BCUT2D eigenvalue weighted by Crippen LogP contribution is 2.25. The lowest BCUT2D eigenvalue weighted by Gasteiger charge is -2.10. The van der Waals surface area contributed by atoms with Crippen molar-refractivity contribution in [3.8, 4) is 0 Å². The molecule has 1 aromatic carbocycles. The van der Waals surface area contributed by atoms with Crippen LogP contribution in [0.1, 0.15) is 6.92 Å². The number of para-hydroxylation sites is 1. The highest BCUT2D eigenvalue weighted by Gasteiger charge is 2.16. The molecule has 0 aliphatic rings. The van der Waals surface area contributed by atoms with E-state index in [1.54, 1.807) is 49.2 Å². The maximum atomic E-state index is 12.1. The molecule has 0 aliphatic carbocycles. The molecule has 1 N–H and O–H groups in total. The van der Waals surface area contributed by atoms with Crippen molar-refractivity contribution in [2.24, 2.45) is 0 Å². The van der Waals surface area contributed by atoms with Crippen molar-refractivity contribution in [2.75, 3.05) is 24.8 Å². The lowest BCUT2D eigenvalue weighted by Crippen LogP contribution is -2.07. The van der Waals surface area contributed by atoms with Crippen LogP contribution in [0.4, 0.5) is 11.4 Å². The first-order valence-electron chi connectivity index (χ1n) is 6.67. The molecule has 0 bridgehead atoms. The number of nitrogens with zero attached hydrogens (tertiary/aromatic N) is 2. The molecule has 0 amide bonds. The Balaban J connectivity index is 2.22. The number of ether oxygens (including phenoxy) is 1. The molecule has 1 heterocycles. The second kappa shape index (κ2) is 6.73. The molecule has 2 rings (SSSR count). The summed E-state index contributed by atoms with van der Waals surface area (Å²) in [5.74, 6) is 0.0682. The van der Waals surface area contributed by atoms with Gasteiger partial charge in [-0.1, -0.05) is 19.1 Å². The summed E-state index contributed by atoms with van der Waals surface area (Å²) in [6, 6.07) is 6.87. The first-order valence-corrected chi connectivity index (χ1v) is 8.32. The minimum absolute atomic E-state index is 0.0682. The normalized spacial score (nSPS) is 11.5. The summed E-state index contributed by atoms with van der Waals surface area (Å²) >= 11 is 0. The first-order chi connectivity index (χ1) is 10.1. The van der Waals surface area contributed by atoms with Gasteiger partial charge in [-0.2, -0.15) is 5.10 Å². The van der Waals surface area contributed by atoms with Gasteiger partial charge in [0, 0.05) is 13.3 Å². The van der Waals surface area contributed by atoms with Crippen LogP contribution in [0, 0.1) is 0 Å². The third kappa shape index (κ3) is 3.83.